The standard InChI is InChI=1S/C49H47N9O8/c1-29-23-32(53-54-39-13-7-12-37-38(39)26-57(49(37)63)40-19-20-42(60)52-48(40)62)24-41(64-3)46(29)65-27-34(59)16-21-43(61)56-22-8-9-33(25-56)58-47-44(30(2)50-28-51-47)45(55-58)31-14-17-36(18-15-31)66-35-10-5-4-6-11-35/h4-7,10-15,17-18,23-24,28,33,40H,8-9,16,19-22,25-27H2,1-3H3,(H,52,60,62)/t33-,40?/m1/s1. The molecule has 3 aliphatic rings. The first-order valence-electron chi connectivity index (χ1n) is 21.9. The van der Waals surface area contributed by atoms with Crippen molar-refractivity contribution in [2.24, 2.45) is 10.2 Å². The zero-order valence-electron chi connectivity index (χ0n) is 36.7. The van der Waals surface area contributed by atoms with Crippen LogP contribution in [0.5, 0.6) is 23.0 Å². The van der Waals surface area contributed by atoms with Crippen LogP contribution in [0.25, 0.3) is 22.3 Å². The Morgan fingerprint density at radius 3 is 2.48 bits per heavy atom. The number of aromatic nitrogens is 4. The van der Waals surface area contributed by atoms with Crippen molar-refractivity contribution in [1.29, 1.82) is 0 Å². The quantitative estimate of drug-likeness (QED) is 0.0831. The first-order chi connectivity index (χ1) is 32.0. The third kappa shape index (κ3) is 8.96. The highest BCUT2D eigenvalue weighted by atomic mass is 16.5. The number of likely N-dealkylation sites (tertiary alicyclic amines) is 1. The number of ketones is 1. The largest absolute Gasteiger partial charge is 0.493 e. The van der Waals surface area contributed by atoms with Crippen LogP contribution in [0.4, 0.5) is 11.4 Å². The summed E-state index contributed by atoms with van der Waals surface area (Å²) < 4.78 is 19.5. The van der Waals surface area contributed by atoms with E-state index < -0.39 is 11.9 Å². The van der Waals surface area contributed by atoms with Gasteiger partial charge in [0.25, 0.3) is 5.91 Å². The Bertz CT molecular complexity index is 2900. The van der Waals surface area contributed by atoms with Crippen molar-refractivity contribution in [3.63, 3.8) is 0 Å². The number of ether oxygens (including phenoxy) is 3. The van der Waals surface area contributed by atoms with Gasteiger partial charge >= 0.3 is 0 Å². The number of piperidine rings is 2. The number of rotatable bonds is 14. The van der Waals surface area contributed by atoms with E-state index >= 15 is 0 Å². The number of nitrogens with zero attached hydrogens (tertiary/aromatic N) is 8. The summed E-state index contributed by atoms with van der Waals surface area (Å²) in [5, 5.41) is 17.1. The second-order valence-corrected chi connectivity index (χ2v) is 16.6. The van der Waals surface area contributed by atoms with Crippen LogP contribution < -0.4 is 19.5 Å². The highest BCUT2D eigenvalue weighted by Gasteiger charge is 2.40. The second kappa shape index (κ2) is 18.7. The van der Waals surface area contributed by atoms with Crippen LogP contribution in [0.15, 0.2) is 101 Å². The number of aryl methyl sites for hydroxylation is 2. The monoisotopic (exact) mass is 889 g/mol. The van der Waals surface area contributed by atoms with Gasteiger partial charge in [0.05, 0.1) is 35.6 Å². The Morgan fingerprint density at radius 1 is 0.894 bits per heavy atom. The van der Waals surface area contributed by atoms with E-state index in [1.54, 1.807) is 42.2 Å². The maximum atomic E-state index is 13.6. The Balaban J connectivity index is 0.807. The van der Waals surface area contributed by atoms with Gasteiger partial charge in [-0.2, -0.15) is 15.3 Å². The summed E-state index contributed by atoms with van der Waals surface area (Å²) in [6.07, 6.45) is 3.57. The zero-order valence-corrected chi connectivity index (χ0v) is 36.7. The number of Topliss-reactive ketones (excluding diaryl/α,β-unsaturated/α-hetero) is 1. The topological polar surface area (TPSA) is 200 Å². The number of fused-ring (bicyclic) bond motifs is 2. The smallest absolute Gasteiger partial charge is 0.255 e. The van der Waals surface area contributed by atoms with Gasteiger partial charge in [-0.1, -0.05) is 24.3 Å². The Morgan fingerprint density at radius 2 is 1.70 bits per heavy atom. The molecule has 2 saturated heterocycles. The van der Waals surface area contributed by atoms with Crippen LogP contribution in [-0.2, 0) is 25.7 Å². The second-order valence-electron chi connectivity index (χ2n) is 16.6. The van der Waals surface area contributed by atoms with Gasteiger partial charge in [0, 0.05) is 61.7 Å². The van der Waals surface area contributed by atoms with Crippen LogP contribution >= 0.6 is 0 Å². The van der Waals surface area contributed by atoms with E-state index in [2.05, 4.69) is 25.5 Å². The molecule has 1 unspecified atom stereocenters. The maximum absolute atomic E-state index is 13.6. The lowest BCUT2D eigenvalue weighted by molar-refractivity contribution is -0.137. The van der Waals surface area contributed by atoms with Gasteiger partial charge in [0.2, 0.25) is 17.7 Å². The van der Waals surface area contributed by atoms with Crippen LogP contribution in [0, 0.1) is 13.8 Å². The number of carbonyl (C=O) groups excluding carboxylic acids is 5. The van der Waals surface area contributed by atoms with E-state index in [-0.39, 0.29) is 68.4 Å². The zero-order chi connectivity index (χ0) is 45.9. The number of nitrogens with one attached hydrogen (secondary N) is 1. The fraction of sp³-hybridized carbons (Fsp3) is 0.306. The molecular formula is C49H47N9O8. The molecule has 2 fully saturated rings. The molecule has 4 aromatic carbocycles. The number of azo groups is 1. The van der Waals surface area contributed by atoms with Crippen LogP contribution in [0.1, 0.15) is 71.7 Å². The van der Waals surface area contributed by atoms with E-state index in [1.165, 1.54) is 18.3 Å². The number of benzene rings is 4. The fourth-order valence-corrected chi connectivity index (χ4v) is 8.78. The minimum absolute atomic E-state index is 0.00375. The average molecular weight is 890 g/mol. The molecule has 2 atom stereocenters. The summed E-state index contributed by atoms with van der Waals surface area (Å²) in [5.41, 5.74) is 5.77. The summed E-state index contributed by atoms with van der Waals surface area (Å²) in [7, 11) is 1.48. The third-order valence-electron chi connectivity index (χ3n) is 12.2. The molecule has 66 heavy (non-hydrogen) atoms. The minimum atomic E-state index is -0.746. The first kappa shape index (κ1) is 43.4. The molecule has 4 amide bonds. The number of hydrogen-bond donors (Lipinski definition) is 1. The lowest BCUT2D eigenvalue weighted by Gasteiger charge is -2.33. The molecule has 2 aromatic heterocycles. The molecule has 6 aromatic rings. The van der Waals surface area contributed by atoms with Crippen molar-refractivity contribution < 1.29 is 38.2 Å². The summed E-state index contributed by atoms with van der Waals surface area (Å²) in [6.45, 7) is 4.64. The van der Waals surface area contributed by atoms with Gasteiger partial charge in [-0.15, -0.1) is 0 Å². The van der Waals surface area contributed by atoms with Crippen molar-refractivity contribution in [2.75, 3.05) is 26.8 Å². The molecule has 9 rings (SSSR count). The summed E-state index contributed by atoms with van der Waals surface area (Å²) in [4.78, 5) is 76.6. The molecule has 336 valence electrons. The molecule has 17 nitrogen and oxygen atoms in total. The van der Waals surface area contributed by atoms with E-state index in [0.29, 0.717) is 64.1 Å². The molecule has 0 radical (unpaired) electrons. The molecule has 17 heteroatoms. The minimum Gasteiger partial charge on any atom is -0.493 e. The van der Waals surface area contributed by atoms with Crippen LogP contribution in [0.3, 0.4) is 0 Å². The SMILES string of the molecule is COc1cc(N=Nc2cccc3c2CN(C2CCC(=O)NC2=O)C3=O)cc(C)c1OCC(=O)CCC(=O)N1CCC[C@@H](n2nc(-c3ccc(Oc4ccccc4)cc3)c3c(C)ncnc32)C1. The highest BCUT2D eigenvalue weighted by Crippen LogP contribution is 2.39. The van der Waals surface area contributed by atoms with Gasteiger partial charge in [0.15, 0.2) is 22.9 Å². The van der Waals surface area contributed by atoms with Gasteiger partial charge in [-0.3, -0.25) is 29.3 Å². The average Bonchev–Trinajstić information content (AvgIpc) is 3.89. The third-order valence-corrected chi connectivity index (χ3v) is 12.2. The molecule has 0 saturated carbocycles. The fourth-order valence-electron chi connectivity index (χ4n) is 8.78. The number of carbonyl (C=O) groups is 5. The van der Waals surface area contributed by atoms with Crippen molar-refractivity contribution >= 4 is 51.8 Å². The molecule has 0 spiro atoms. The van der Waals surface area contributed by atoms with Crippen LogP contribution in [0.2, 0.25) is 0 Å². The van der Waals surface area contributed by atoms with Crippen molar-refractivity contribution in [3.8, 4) is 34.3 Å². The lowest BCUT2D eigenvalue weighted by atomic mass is 10.0. The van der Waals surface area contributed by atoms with Gasteiger partial charge in [0.1, 0.15) is 36.2 Å². The lowest BCUT2D eigenvalue weighted by Crippen LogP contribution is -2.52. The summed E-state index contributed by atoms with van der Waals surface area (Å²) in [6, 6.07) is 25.0. The molecule has 5 heterocycles. The maximum Gasteiger partial charge on any atom is 0.255 e. The number of imide groups is 1. The highest BCUT2D eigenvalue weighted by molar-refractivity contribution is 6.06. The van der Waals surface area contributed by atoms with Crippen molar-refractivity contribution in [3.05, 3.63) is 114 Å². The summed E-state index contributed by atoms with van der Waals surface area (Å²) >= 11 is 0. The Kier molecular flexibility index (Phi) is 12.3. The number of amides is 4. The van der Waals surface area contributed by atoms with Crippen molar-refractivity contribution in [2.45, 2.75) is 71.0 Å². The molecule has 1 N–H and O–H groups in total. The van der Waals surface area contributed by atoms with Gasteiger partial charge in [-0.25, -0.2) is 14.6 Å². The number of hydrogen-bond acceptors (Lipinski definition) is 13. The summed E-state index contributed by atoms with van der Waals surface area (Å²) in [5.74, 6) is 0.653. The van der Waals surface area contributed by atoms with E-state index in [1.807, 2.05) is 66.2 Å². The van der Waals surface area contributed by atoms with E-state index in [9.17, 15) is 24.0 Å². The van der Waals surface area contributed by atoms with Crippen LogP contribution in [-0.4, -0.2) is 91.8 Å². The predicted molar refractivity (Wildman–Crippen MR) is 241 cm³/mol. The van der Waals surface area contributed by atoms with E-state index in [4.69, 9.17) is 19.3 Å². The molecule has 3 aliphatic heterocycles. The molecule has 0 aliphatic carbocycles. The Labute approximate surface area is 379 Å². The van der Waals surface area contributed by atoms with Gasteiger partial charge < -0.3 is 24.0 Å². The Hall–Kier alpha value is -7.82. The number of para-hydroxylation sites is 1. The van der Waals surface area contributed by atoms with Gasteiger partial charge in [-0.05, 0) is 93.3 Å². The normalized spacial score (nSPS) is 17.3. The van der Waals surface area contributed by atoms with Crippen molar-refractivity contribution in [1.82, 2.24) is 34.9 Å². The first-order valence-corrected chi connectivity index (χ1v) is 21.9. The molecule has 0 bridgehead atoms. The molecular weight excluding hydrogens is 843 g/mol. The predicted octanol–water partition coefficient (Wildman–Crippen LogP) is 7.68. The number of methoxy groups -OCH3 is 1. The van der Waals surface area contributed by atoms with E-state index in [0.717, 1.165) is 40.9 Å².